The predicted octanol–water partition coefficient (Wildman–Crippen LogP) is 2.94. The van der Waals surface area contributed by atoms with E-state index < -0.39 is 5.91 Å². The molecule has 0 saturated carbocycles. The summed E-state index contributed by atoms with van der Waals surface area (Å²) in [6.07, 6.45) is 0. The molecule has 0 saturated heterocycles. The van der Waals surface area contributed by atoms with Gasteiger partial charge in [-0.25, -0.2) is 4.68 Å². The quantitative estimate of drug-likeness (QED) is 0.863. The van der Waals surface area contributed by atoms with Crippen LogP contribution in [0.15, 0.2) is 40.0 Å². The van der Waals surface area contributed by atoms with Crippen LogP contribution < -0.4 is 11.1 Å². The number of nitrogens with two attached hydrogens (primary N) is 1. The van der Waals surface area contributed by atoms with Crippen LogP contribution in [-0.4, -0.2) is 20.7 Å². The van der Waals surface area contributed by atoms with E-state index in [0.717, 1.165) is 15.9 Å². The highest BCUT2D eigenvalue weighted by Crippen LogP contribution is 2.35. The lowest BCUT2D eigenvalue weighted by atomic mass is 9.95. The van der Waals surface area contributed by atoms with E-state index in [9.17, 15) is 4.79 Å². The van der Waals surface area contributed by atoms with Crippen LogP contribution in [0.3, 0.4) is 0 Å². The normalized spacial score (nSPS) is 17.2. The number of nitrogens with zero attached hydrogens (tertiary/aromatic N) is 3. The summed E-state index contributed by atoms with van der Waals surface area (Å²) >= 11 is 3.43. The lowest BCUT2D eigenvalue weighted by molar-refractivity contribution is -0.115. The molecule has 120 valence electrons. The monoisotopic (exact) mass is 375 g/mol. The molecular formula is C16H18BrN5O. The first kappa shape index (κ1) is 15.7. The highest BCUT2D eigenvalue weighted by atomic mass is 79.9. The van der Waals surface area contributed by atoms with Gasteiger partial charge in [-0.1, -0.05) is 41.9 Å². The van der Waals surface area contributed by atoms with Gasteiger partial charge in [-0.05, 0) is 24.6 Å². The Kier molecular flexibility index (Phi) is 3.97. The van der Waals surface area contributed by atoms with Gasteiger partial charge in [-0.3, -0.25) is 4.79 Å². The standard InChI is InChI=1S/C16H18BrN5O/c1-8(2)15-20-16-19-9(3)12(14(18)23)13(22(16)21-15)10-4-6-11(17)7-5-10/h4-8,13H,1-3H3,(H2,18,23)(H,19,20,21)/t13-/m1/s1. The van der Waals surface area contributed by atoms with E-state index in [4.69, 9.17) is 5.73 Å². The van der Waals surface area contributed by atoms with Crippen molar-refractivity contribution in [2.24, 2.45) is 5.73 Å². The maximum Gasteiger partial charge on any atom is 0.248 e. The Morgan fingerprint density at radius 1 is 1.35 bits per heavy atom. The summed E-state index contributed by atoms with van der Waals surface area (Å²) < 4.78 is 2.71. The molecule has 2 aromatic rings. The Morgan fingerprint density at radius 3 is 2.57 bits per heavy atom. The Morgan fingerprint density at radius 2 is 2.00 bits per heavy atom. The van der Waals surface area contributed by atoms with Crippen LogP contribution in [0.25, 0.3) is 0 Å². The van der Waals surface area contributed by atoms with Crippen molar-refractivity contribution in [3.63, 3.8) is 0 Å². The van der Waals surface area contributed by atoms with Gasteiger partial charge in [-0.15, -0.1) is 0 Å². The first-order valence-electron chi connectivity index (χ1n) is 7.38. The number of anilines is 1. The maximum atomic E-state index is 12.0. The molecule has 1 aromatic heterocycles. The van der Waals surface area contributed by atoms with Gasteiger partial charge in [-0.2, -0.15) is 10.1 Å². The fourth-order valence-corrected chi connectivity index (χ4v) is 2.95. The SMILES string of the molecule is CC1=C(C(N)=O)[C@@H](c2ccc(Br)cc2)n2nc(C(C)C)nc2N1. The molecule has 0 radical (unpaired) electrons. The van der Waals surface area contributed by atoms with Gasteiger partial charge in [0, 0.05) is 16.1 Å². The summed E-state index contributed by atoms with van der Waals surface area (Å²) in [7, 11) is 0. The van der Waals surface area contributed by atoms with Crippen molar-refractivity contribution in [3.05, 3.63) is 51.4 Å². The minimum Gasteiger partial charge on any atom is -0.366 e. The Balaban J connectivity index is 2.19. The van der Waals surface area contributed by atoms with Crippen molar-refractivity contribution in [1.29, 1.82) is 0 Å². The lowest BCUT2D eigenvalue weighted by Crippen LogP contribution is -2.31. The van der Waals surface area contributed by atoms with Gasteiger partial charge < -0.3 is 11.1 Å². The summed E-state index contributed by atoms with van der Waals surface area (Å²) in [5, 5.41) is 7.72. The summed E-state index contributed by atoms with van der Waals surface area (Å²) in [6, 6.07) is 7.40. The number of benzene rings is 1. The van der Waals surface area contributed by atoms with E-state index in [2.05, 4.69) is 31.3 Å². The molecule has 23 heavy (non-hydrogen) atoms. The Bertz CT molecular complexity index is 791. The summed E-state index contributed by atoms with van der Waals surface area (Å²) in [6.45, 7) is 5.90. The Hall–Kier alpha value is -2.15. The van der Waals surface area contributed by atoms with Gasteiger partial charge in [0.1, 0.15) is 6.04 Å². The average Bonchev–Trinajstić information content (AvgIpc) is 2.90. The molecule has 1 aliphatic heterocycles. The van der Waals surface area contributed by atoms with Gasteiger partial charge >= 0.3 is 0 Å². The minimum atomic E-state index is -0.463. The number of carbonyl (C=O) groups is 1. The number of allylic oxidation sites excluding steroid dienone is 1. The molecule has 0 unspecified atom stereocenters. The van der Waals surface area contributed by atoms with E-state index >= 15 is 0 Å². The van der Waals surface area contributed by atoms with Gasteiger partial charge in [0.25, 0.3) is 0 Å². The number of fused-ring (bicyclic) bond motifs is 1. The zero-order chi connectivity index (χ0) is 16.7. The van der Waals surface area contributed by atoms with Gasteiger partial charge in [0.05, 0.1) is 5.57 Å². The third-order valence-electron chi connectivity index (χ3n) is 3.84. The number of aromatic nitrogens is 3. The fourth-order valence-electron chi connectivity index (χ4n) is 2.68. The van der Waals surface area contributed by atoms with Crippen molar-refractivity contribution in [3.8, 4) is 0 Å². The molecule has 1 amide bonds. The van der Waals surface area contributed by atoms with E-state index in [1.807, 2.05) is 45.0 Å². The van der Waals surface area contributed by atoms with E-state index in [0.29, 0.717) is 17.2 Å². The van der Waals surface area contributed by atoms with Crippen LogP contribution in [0, 0.1) is 0 Å². The molecule has 7 heteroatoms. The molecular weight excluding hydrogens is 358 g/mol. The molecule has 6 nitrogen and oxygen atoms in total. The van der Waals surface area contributed by atoms with E-state index in [-0.39, 0.29) is 12.0 Å². The summed E-state index contributed by atoms with van der Waals surface area (Å²) in [4.78, 5) is 16.6. The van der Waals surface area contributed by atoms with Crippen molar-refractivity contribution in [2.45, 2.75) is 32.7 Å². The van der Waals surface area contributed by atoms with Crippen LogP contribution >= 0.6 is 15.9 Å². The number of rotatable bonds is 3. The van der Waals surface area contributed by atoms with Crippen LogP contribution in [0.2, 0.25) is 0 Å². The second-order valence-corrected chi connectivity index (χ2v) is 6.79. The van der Waals surface area contributed by atoms with E-state index in [1.165, 1.54) is 0 Å². The number of hydrogen-bond donors (Lipinski definition) is 2. The topological polar surface area (TPSA) is 85.8 Å². The smallest absolute Gasteiger partial charge is 0.248 e. The van der Waals surface area contributed by atoms with Crippen molar-refractivity contribution in [2.75, 3.05) is 5.32 Å². The molecule has 3 N–H and O–H groups in total. The zero-order valence-corrected chi connectivity index (χ0v) is 14.8. The van der Waals surface area contributed by atoms with Crippen molar-refractivity contribution < 1.29 is 4.79 Å². The number of carbonyl (C=O) groups excluding carboxylic acids is 1. The maximum absolute atomic E-state index is 12.0. The van der Waals surface area contributed by atoms with Crippen molar-refractivity contribution >= 4 is 27.8 Å². The lowest BCUT2D eigenvalue weighted by Gasteiger charge is -2.27. The third-order valence-corrected chi connectivity index (χ3v) is 4.37. The first-order chi connectivity index (χ1) is 10.9. The average molecular weight is 376 g/mol. The van der Waals surface area contributed by atoms with Crippen LogP contribution in [0.5, 0.6) is 0 Å². The second-order valence-electron chi connectivity index (χ2n) is 5.87. The number of primary amides is 1. The number of halogens is 1. The van der Waals surface area contributed by atoms with Gasteiger partial charge in [0.2, 0.25) is 11.9 Å². The summed E-state index contributed by atoms with van der Waals surface area (Å²) in [5.41, 5.74) is 7.77. The zero-order valence-electron chi connectivity index (χ0n) is 13.2. The second kappa shape index (κ2) is 5.81. The molecule has 2 heterocycles. The molecule has 3 rings (SSSR count). The molecule has 0 aliphatic carbocycles. The van der Waals surface area contributed by atoms with Crippen LogP contribution in [0.4, 0.5) is 5.95 Å². The fraction of sp³-hybridized carbons (Fsp3) is 0.312. The molecule has 0 bridgehead atoms. The highest BCUT2D eigenvalue weighted by Gasteiger charge is 2.33. The van der Waals surface area contributed by atoms with Crippen LogP contribution in [-0.2, 0) is 4.79 Å². The molecule has 0 spiro atoms. The van der Waals surface area contributed by atoms with Crippen LogP contribution in [0.1, 0.15) is 44.1 Å². The third kappa shape index (κ3) is 2.76. The largest absolute Gasteiger partial charge is 0.366 e. The highest BCUT2D eigenvalue weighted by molar-refractivity contribution is 9.10. The number of amides is 1. The van der Waals surface area contributed by atoms with Crippen molar-refractivity contribution in [1.82, 2.24) is 14.8 Å². The molecule has 1 aliphatic rings. The Labute approximate surface area is 142 Å². The number of hydrogen-bond acceptors (Lipinski definition) is 4. The van der Waals surface area contributed by atoms with E-state index in [1.54, 1.807) is 4.68 Å². The first-order valence-corrected chi connectivity index (χ1v) is 8.17. The van der Waals surface area contributed by atoms with Gasteiger partial charge in [0.15, 0.2) is 5.82 Å². The molecule has 1 aromatic carbocycles. The summed E-state index contributed by atoms with van der Waals surface area (Å²) in [5.74, 6) is 1.09. The molecule has 0 fully saturated rings. The minimum absolute atomic E-state index is 0.192. The predicted molar refractivity (Wildman–Crippen MR) is 91.9 cm³/mol. The molecule has 1 atom stereocenters. The number of nitrogens with one attached hydrogen (secondary N) is 1.